The second-order valence-corrected chi connectivity index (χ2v) is 7.47. The van der Waals surface area contributed by atoms with E-state index in [4.69, 9.17) is 9.51 Å². The van der Waals surface area contributed by atoms with E-state index < -0.39 is 0 Å². The van der Waals surface area contributed by atoms with Crippen molar-refractivity contribution in [3.05, 3.63) is 29.2 Å². The number of aryl methyl sites for hydroxylation is 1. The second-order valence-electron chi connectivity index (χ2n) is 7.47. The first kappa shape index (κ1) is 14.9. The lowest BCUT2D eigenvalue weighted by Gasteiger charge is -2.14. The zero-order chi connectivity index (χ0) is 16.0. The van der Waals surface area contributed by atoms with Crippen LogP contribution in [0.25, 0.3) is 0 Å². The summed E-state index contributed by atoms with van der Waals surface area (Å²) >= 11 is 0. The molecular weight excluding hydrogens is 290 g/mol. The summed E-state index contributed by atoms with van der Waals surface area (Å²) in [7, 11) is 0. The van der Waals surface area contributed by atoms with Crippen LogP contribution in [0, 0.1) is 18.8 Å². The summed E-state index contributed by atoms with van der Waals surface area (Å²) in [5, 5.41) is 11.6. The smallest absolute Gasteiger partial charge is 0.153 e. The van der Waals surface area contributed by atoms with Crippen molar-refractivity contribution in [1.29, 1.82) is 0 Å². The summed E-state index contributed by atoms with van der Waals surface area (Å²) in [6.07, 6.45) is 2.73. The van der Waals surface area contributed by atoms with E-state index in [1.54, 1.807) is 0 Å². The van der Waals surface area contributed by atoms with Gasteiger partial charge in [-0.25, -0.2) is 4.98 Å². The van der Waals surface area contributed by atoms with Gasteiger partial charge in [0.05, 0.1) is 12.2 Å². The van der Waals surface area contributed by atoms with Crippen LogP contribution < -0.4 is 0 Å². The highest BCUT2D eigenvalue weighted by Gasteiger charge is 2.44. The van der Waals surface area contributed by atoms with Crippen molar-refractivity contribution in [2.75, 3.05) is 13.1 Å². The number of likely N-dealkylation sites (tertiary alicyclic amines) is 1. The Kier molecular flexibility index (Phi) is 3.71. The van der Waals surface area contributed by atoms with E-state index >= 15 is 0 Å². The van der Waals surface area contributed by atoms with Crippen LogP contribution >= 0.6 is 0 Å². The summed E-state index contributed by atoms with van der Waals surface area (Å²) < 4.78 is 5.39. The summed E-state index contributed by atoms with van der Waals surface area (Å²) in [6, 6.07) is 2.03. The van der Waals surface area contributed by atoms with E-state index in [2.05, 4.69) is 34.1 Å². The van der Waals surface area contributed by atoms with Gasteiger partial charge in [0, 0.05) is 31.0 Å². The Labute approximate surface area is 136 Å². The van der Waals surface area contributed by atoms with Crippen LogP contribution in [0.5, 0.6) is 0 Å². The largest absolute Gasteiger partial charge is 0.360 e. The van der Waals surface area contributed by atoms with Crippen molar-refractivity contribution in [3.63, 3.8) is 0 Å². The Morgan fingerprint density at radius 1 is 1.35 bits per heavy atom. The highest BCUT2D eigenvalue weighted by atomic mass is 16.5. The van der Waals surface area contributed by atoms with Gasteiger partial charge in [-0.05, 0) is 31.6 Å². The molecule has 2 atom stereocenters. The normalized spacial score (nSPS) is 25.6. The standard InChI is InChI=1S/C17H25N5O/c1-10(2)16-18-17(20-19-16)15-9-22(8-14(15)12-4-5-12)7-13-6-11(3)21-23-13/h6,10,12,14-15H,4-5,7-9H2,1-3H3,(H,18,19,20)/t14-,15+/m1/s1. The monoisotopic (exact) mass is 315 g/mol. The molecule has 1 saturated carbocycles. The van der Waals surface area contributed by atoms with E-state index in [0.717, 1.165) is 48.7 Å². The SMILES string of the molecule is Cc1cc(CN2C[C@H](c3nc(C(C)C)n[nH]3)[C@@H](C3CC3)C2)on1. The number of H-pyrrole nitrogens is 1. The zero-order valence-corrected chi connectivity index (χ0v) is 14.1. The predicted octanol–water partition coefficient (Wildman–Crippen LogP) is 2.85. The maximum Gasteiger partial charge on any atom is 0.153 e. The third-order valence-corrected chi connectivity index (χ3v) is 5.11. The number of hydrogen-bond donors (Lipinski definition) is 1. The number of aromatic nitrogens is 4. The first-order chi connectivity index (χ1) is 11.1. The van der Waals surface area contributed by atoms with Crippen LogP contribution in [0.1, 0.15) is 61.6 Å². The average molecular weight is 315 g/mol. The van der Waals surface area contributed by atoms with E-state index in [0.29, 0.717) is 17.8 Å². The minimum atomic E-state index is 0.369. The van der Waals surface area contributed by atoms with Gasteiger partial charge in [0.1, 0.15) is 5.82 Å². The van der Waals surface area contributed by atoms with Crippen molar-refractivity contribution in [2.24, 2.45) is 11.8 Å². The number of hydrogen-bond acceptors (Lipinski definition) is 5. The highest BCUT2D eigenvalue weighted by Crippen LogP contribution is 2.47. The molecule has 2 aromatic heterocycles. The van der Waals surface area contributed by atoms with Crippen LogP contribution in [0.3, 0.4) is 0 Å². The molecule has 124 valence electrons. The Balaban J connectivity index is 1.50. The molecule has 0 amide bonds. The van der Waals surface area contributed by atoms with Crippen LogP contribution in [0.2, 0.25) is 0 Å². The van der Waals surface area contributed by atoms with Crippen molar-refractivity contribution in [1.82, 2.24) is 25.2 Å². The topological polar surface area (TPSA) is 70.8 Å². The van der Waals surface area contributed by atoms with Gasteiger partial charge < -0.3 is 4.52 Å². The molecule has 6 nitrogen and oxygen atoms in total. The molecule has 2 fully saturated rings. The van der Waals surface area contributed by atoms with Gasteiger partial charge in [-0.15, -0.1) is 0 Å². The van der Waals surface area contributed by atoms with Crippen LogP contribution in [-0.2, 0) is 6.54 Å². The molecule has 3 heterocycles. The zero-order valence-electron chi connectivity index (χ0n) is 14.1. The molecule has 0 aromatic carbocycles. The fourth-order valence-corrected chi connectivity index (χ4v) is 3.76. The summed E-state index contributed by atoms with van der Waals surface area (Å²) in [5.41, 5.74) is 0.950. The second kappa shape index (κ2) is 5.74. The molecule has 1 N–H and O–H groups in total. The van der Waals surface area contributed by atoms with E-state index in [9.17, 15) is 0 Å². The molecule has 0 spiro atoms. The van der Waals surface area contributed by atoms with Gasteiger partial charge in [0.2, 0.25) is 0 Å². The molecule has 6 heteroatoms. The maximum absolute atomic E-state index is 5.39. The van der Waals surface area contributed by atoms with Gasteiger partial charge in [0.25, 0.3) is 0 Å². The molecule has 2 aliphatic rings. The number of aromatic amines is 1. The number of rotatable bonds is 5. The Hall–Kier alpha value is -1.69. The number of nitrogens with one attached hydrogen (secondary N) is 1. The first-order valence-electron chi connectivity index (χ1n) is 8.67. The minimum absolute atomic E-state index is 0.369. The molecule has 0 bridgehead atoms. The van der Waals surface area contributed by atoms with E-state index in [-0.39, 0.29) is 0 Å². The Morgan fingerprint density at radius 3 is 2.78 bits per heavy atom. The number of nitrogens with zero attached hydrogens (tertiary/aromatic N) is 4. The van der Waals surface area contributed by atoms with Gasteiger partial charge in [-0.3, -0.25) is 10.00 Å². The molecule has 23 heavy (non-hydrogen) atoms. The molecule has 1 aliphatic carbocycles. The molecule has 0 radical (unpaired) electrons. The van der Waals surface area contributed by atoms with Crippen LogP contribution in [0.4, 0.5) is 0 Å². The lowest BCUT2D eigenvalue weighted by molar-refractivity contribution is 0.262. The highest BCUT2D eigenvalue weighted by molar-refractivity contribution is 5.11. The van der Waals surface area contributed by atoms with Crippen LogP contribution in [0.15, 0.2) is 10.6 Å². The lowest BCUT2D eigenvalue weighted by atomic mass is 9.91. The molecule has 2 aromatic rings. The fourth-order valence-electron chi connectivity index (χ4n) is 3.76. The third kappa shape index (κ3) is 3.04. The van der Waals surface area contributed by atoms with Crippen molar-refractivity contribution in [2.45, 2.75) is 52.0 Å². The van der Waals surface area contributed by atoms with Crippen molar-refractivity contribution < 1.29 is 4.52 Å². The van der Waals surface area contributed by atoms with Gasteiger partial charge in [-0.2, -0.15) is 5.10 Å². The molecule has 1 aliphatic heterocycles. The van der Waals surface area contributed by atoms with Gasteiger partial charge in [0.15, 0.2) is 11.6 Å². The Morgan fingerprint density at radius 2 is 2.17 bits per heavy atom. The summed E-state index contributed by atoms with van der Waals surface area (Å²) in [6.45, 7) is 9.22. The quantitative estimate of drug-likeness (QED) is 0.918. The molecule has 0 unspecified atom stereocenters. The average Bonchev–Trinajstić information content (AvgIpc) is 2.93. The van der Waals surface area contributed by atoms with E-state index in [1.807, 2.05) is 13.0 Å². The first-order valence-corrected chi connectivity index (χ1v) is 8.67. The molecule has 1 saturated heterocycles. The minimum Gasteiger partial charge on any atom is -0.360 e. The summed E-state index contributed by atoms with van der Waals surface area (Å²) in [4.78, 5) is 7.25. The molecular formula is C17H25N5O. The van der Waals surface area contributed by atoms with Gasteiger partial charge >= 0.3 is 0 Å². The van der Waals surface area contributed by atoms with Crippen molar-refractivity contribution >= 4 is 0 Å². The summed E-state index contributed by atoms with van der Waals surface area (Å²) in [5.74, 6) is 5.33. The van der Waals surface area contributed by atoms with Crippen LogP contribution in [-0.4, -0.2) is 38.3 Å². The predicted molar refractivity (Wildman–Crippen MR) is 85.9 cm³/mol. The van der Waals surface area contributed by atoms with Gasteiger partial charge in [-0.1, -0.05) is 19.0 Å². The lowest BCUT2D eigenvalue weighted by Crippen LogP contribution is -2.20. The Bertz CT molecular complexity index is 672. The fraction of sp³-hybridized carbons (Fsp3) is 0.706. The third-order valence-electron chi connectivity index (χ3n) is 5.11. The van der Waals surface area contributed by atoms with E-state index in [1.165, 1.54) is 12.8 Å². The molecule has 4 rings (SSSR count). The maximum atomic E-state index is 5.39. The van der Waals surface area contributed by atoms with Crippen molar-refractivity contribution in [3.8, 4) is 0 Å².